The number of aromatic nitrogens is 2. The highest BCUT2D eigenvalue weighted by Gasteiger charge is 2.26. The lowest BCUT2D eigenvalue weighted by Crippen LogP contribution is -2.05. The predicted molar refractivity (Wildman–Crippen MR) is 219 cm³/mol. The fourth-order valence-electron chi connectivity index (χ4n) is 7.16. The molecule has 0 fully saturated rings. The fourth-order valence-corrected chi connectivity index (χ4v) is 7.16. The van der Waals surface area contributed by atoms with Gasteiger partial charge in [-0.3, -0.25) is 4.57 Å². The lowest BCUT2D eigenvalue weighted by atomic mass is 9.91. The largest absolute Gasteiger partial charge is 0.293 e. The van der Waals surface area contributed by atoms with E-state index in [1.54, 1.807) is 0 Å². The van der Waals surface area contributed by atoms with Gasteiger partial charge in [0.25, 0.3) is 0 Å². The monoisotopic (exact) mass is 716 g/mol. The number of rotatable bonds is 5. The van der Waals surface area contributed by atoms with Crippen LogP contribution in [0.5, 0.6) is 0 Å². The SMILES string of the molecule is ClC(Cl)Cl.c1ccc(-c2nc(-n3c(-c4ccccc4)c(-c4ccccc4)c4ccccc43)c3c(ccc4ccccc43)c2-c2ccccc2)cc1. The van der Waals surface area contributed by atoms with Crippen molar-refractivity contribution in [2.45, 2.75) is 4.30 Å². The van der Waals surface area contributed by atoms with Gasteiger partial charge in [-0.2, -0.15) is 0 Å². The van der Waals surface area contributed by atoms with Gasteiger partial charge in [0, 0.05) is 27.5 Å². The van der Waals surface area contributed by atoms with Gasteiger partial charge in [0.2, 0.25) is 0 Å². The van der Waals surface area contributed by atoms with Crippen molar-refractivity contribution in [3.63, 3.8) is 0 Å². The molecule has 5 heteroatoms. The predicted octanol–water partition coefficient (Wildman–Crippen LogP) is 14.0. The molecule has 0 aliphatic carbocycles. The van der Waals surface area contributed by atoms with Crippen LogP contribution in [0.1, 0.15) is 0 Å². The van der Waals surface area contributed by atoms with E-state index in [9.17, 15) is 0 Å². The van der Waals surface area contributed by atoms with Crippen LogP contribution in [0.3, 0.4) is 0 Å². The summed E-state index contributed by atoms with van der Waals surface area (Å²) in [5, 5.41) is 5.88. The van der Waals surface area contributed by atoms with E-state index in [1.165, 1.54) is 32.7 Å². The maximum Gasteiger partial charge on any atom is 0.180 e. The molecule has 0 atom stereocenters. The highest BCUT2D eigenvalue weighted by Crippen LogP contribution is 2.47. The van der Waals surface area contributed by atoms with Gasteiger partial charge in [0.1, 0.15) is 5.82 Å². The second kappa shape index (κ2) is 14.5. The van der Waals surface area contributed by atoms with Crippen molar-refractivity contribution in [1.29, 1.82) is 0 Å². The average Bonchev–Trinajstić information content (AvgIpc) is 3.53. The van der Waals surface area contributed by atoms with Gasteiger partial charge in [-0.1, -0.05) is 211 Å². The smallest absolute Gasteiger partial charge is 0.180 e. The molecule has 7 aromatic carbocycles. The molecular formula is C46H31Cl3N2. The summed E-state index contributed by atoms with van der Waals surface area (Å²) in [6.45, 7) is 0. The van der Waals surface area contributed by atoms with Gasteiger partial charge in [-0.15, -0.1) is 0 Å². The zero-order chi connectivity index (χ0) is 34.7. The van der Waals surface area contributed by atoms with Gasteiger partial charge in [0.15, 0.2) is 4.30 Å². The molecule has 0 unspecified atom stereocenters. The Kier molecular flexibility index (Phi) is 9.30. The molecule has 2 aromatic heterocycles. The van der Waals surface area contributed by atoms with Crippen molar-refractivity contribution in [2.24, 2.45) is 0 Å². The number of fused-ring (bicyclic) bond motifs is 4. The topological polar surface area (TPSA) is 17.8 Å². The molecule has 0 amide bonds. The summed E-state index contributed by atoms with van der Waals surface area (Å²) >= 11 is 14.4. The minimum atomic E-state index is -0.750. The molecule has 246 valence electrons. The van der Waals surface area contributed by atoms with Gasteiger partial charge < -0.3 is 0 Å². The van der Waals surface area contributed by atoms with E-state index < -0.39 is 4.30 Å². The molecule has 0 bridgehead atoms. The molecule has 0 saturated carbocycles. The summed E-state index contributed by atoms with van der Waals surface area (Å²) in [6, 6.07) is 64.9. The maximum absolute atomic E-state index is 5.77. The Labute approximate surface area is 312 Å². The van der Waals surface area contributed by atoms with E-state index in [4.69, 9.17) is 39.8 Å². The molecule has 0 spiro atoms. The van der Waals surface area contributed by atoms with E-state index in [0.29, 0.717) is 0 Å². The third-order valence-electron chi connectivity index (χ3n) is 9.18. The number of pyridine rings is 1. The third kappa shape index (κ3) is 6.28. The molecule has 0 aliphatic rings. The normalized spacial score (nSPS) is 11.2. The Morgan fingerprint density at radius 3 is 1.49 bits per heavy atom. The van der Waals surface area contributed by atoms with Crippen molar-refractivity contribution in [2.75, 3.05) is 0 Å². The molecule has 0 saturated heterocycles. The molecule has 0 aliphatic heterocycles. The lowest BCUT2D eigenvalue weighted by Gasteiger charge is -2.21. The van der Waals surface area contributed by atoms with Crippen molar-refractivity contribution >= 4 is 67.3 Å². The van der Waals surface area contributed by atoms with Crippen LogP contribution < -0.4 is 0 Å². The van der Waals surface area contributed by atoms with Crippen LogP contribution in [0.4, 0.5) is 0 Å². The van der Waals surface area contributed by atoms with Crippen molar-refractivity contribution in [1.82, 2.24) is 9.55 Å². The van der Waals surface area contributed by atoms with Crippen LogP contribution in [0.25, 0.3) is 83.0 Å². The van der Waals surface area contributed by atoms with Gasteiger partial charge in [0.05, 0.1) is 16.9 Å². The molecule has 0 radical (unpaired) electrons. The second-order valence-electron chi connectivity index (χ2n) is 12.2. The lowest BCUT2D eigenvalue weighted by molar-refractivity contribution is 1.07. The zero-order valence-corrected chi connectivity index (χ0v) is 29.7. The molecule has 0 N–H and O–H groups in total. The van der Waals surface area contributed by atoms with Crippen LogP contribution >= 0.6 is 34.8 Å². The van der Waals surface area contributed by atoms with Crippen LogP contribution in [-0.2, 0) is 0 Å². The maximum atomic E-state index is 5.77. The third-order valence-corrected chi connectivity index (χ3v) is 9.18. The first-order valence-electron chi connectivity index (χ1n) is 16.7. The Hall–Kier alpha value is -5.38. The standard InChI is InChI=1S/C45H30N2.CHCl3/c1-5-18-32(19-6-1)40-38-30-29-31-17-13-14-26-36(31)42(38)45(46-43(40)34-22-9-3-10-23-34)47-39-28-16-15-27-37(39)41(33-20-7-2-8-21-33)44(47)35-24-11-4-12-25-35;2-1(3)4/h1-30H;1H. The van der Waals surface area contributed by atoms with Crippen molar-refractivity contribution < 1.29 is 0 Å². The number of para-hydroxylation sites is 1. The van der Waals surface area contributed by atoms with Crippen LogP contribution in [0.2, 0.25) is 0 Å². The van der Waals surface area contributed by atoms with E-state index in [-0.39, 0.29) is 0 Å². The van der Waals surface area contributed by atoms with Crippen LogP contribution in [-0.4, -0.2) is 13.8 Å². The summed E-state index contributed by atoms with van der Waals surface area (Å²) in [6.07, 6.45) is 0. The van der Waals surface area contributed by atoms with E-state index >= 15 is 0 Å². The zero-order valence-electron chi connectivity index (χ0n) is 27.4. The van der Waals surface area contributed by atoms with Crippen molar-refractivity contribution in [3.05, 3.63) is 182 Å². The first kappa shape index (κ1) is 32.8. The Bertz CT molecular complexity index is 2600. The number of nitrogens with zero attached hydrogens (tertiary/aromatic N) is 2. The molecule has 51 heavy (non-hydrogen) atoms. The summed E-state index contributed by atoms with van der Waals surface area (Å²) in [7, 11) is 0. The molecule has 2 heterocycles. The Morgan fingerprint density at radius 2 is 0.882 bits per heavy atom. The molecule has 9 aromatic rings. The first-order chi connectivity index (χ1) is 25.1. The highest BCUT2D eigenvalue weighted by atomic mass is 35.6. The molecule has 9 rings (SSSR count). The Balaban J connectivity index is 0.000000890. The Morgan fingerprint density at radius 1 is 0.412 bits per heavy atom. The van der Waals surface area contributed by atoms with E-state index in [1.807, 2.05) is 0 Å². The fraction of sp³-hybridized carbons (Fsp3) is 0.0217. The summed E-state index contributed by atoms with van der Waals surface area (Å²) in [5.74, 6) is 0.924. The minimum Gasteiger partial charge on any atom is -0.293 e. The van der Waals surface area contributed by atoms with Gasteiger partial charge >= 0.3 is 0 Å². The second-order valence-corrected chi connectivity index (χ2v) is 14.1. The van der Waals surface area contributed by atoms with Crippen LogP contribution in [0, 0.1) is 0 Å². The summed E-state index contributed by atoms with van der Waals surface area (Å²) in [5.41, 5.74) is 10.1. The minimum absolute atomic E-state index is 0.750. The average molecular weight is 718 g/mol. The summed E-state index contributed by atoms with van der Waals surface area (Å²) < 4.78 is 1.67. The number of benzene rings is 7. The first-order valence-corrected chi connectivity index (χ1v) is 18.0. The number of halogens is 3. The molecule has 2 nitrogen and oxygen atoms in total. The van der Waals surface area contributed by atoms with E-state index in [0.717, 1.165) is 50.4 Å². The number of hydrogen-bond donors (Lipinski definition) is 0. The van der Waals surface area contributed by atoms with Crippen LogP contribution in [0.15, 0.2) is 182 Å². The van der Waals surface area contributed by atoms with Crippen molar-refractivity contribution in [3.8, 4) is 50.6 Å². The van der Waals surface area contributed by atoms with Gasteiger partial charge in [-0.25, -0.2) is 4.98 Å². The number of hydrogen-bond acceptors (Lipinski definition) is 1. The number of alkyl halides is 3. The molecular weight excluding hydrogens is 687 g/mol. The highest BCUT2D eigenvalue weighted by molar-refractivity contribution is 6.63. The van der Waals surface area contributed by atoms with E-state index in [2.05, 4.69) is 187 Å². The van der Waals surface area contributed by atoms with Gasteiger partial charge in [-0.05, 0) is 38.9 Å². The quantitative estimate of drug-likeness (QED) is 0.128. The summed E-state index contributed by atoms with van der Waals surface area (Å²) in [4.78, 5) is 5.77.